The summed E-state index contributed by atoms with van der Waals surface area (Å²) >= 11 is 3.46. The third-order valence-corrected chi connectivity index (χ3v) is 2.91. The third-order valence-electron chi connectivity index (χ3n) is 2.35. The fourth-order valence-corrected chi connectivity index (χ4v) is 2.02. The minimum absolute atomic E-state index is 0.930. The molecule has 11 heavy (non-hydrogen) atoms. The molecular weight excluding hydrogens is 202 g/mol. The van der Waals surface area contributed by atoms with Gasteiger partial charge in [-0.15, -0.1) is 0 Å². The van der Waals surface area contributed by atoms with Crippen molar-refractivity contribution in [3.8, 4) is 0 Å². The van der Waals surface area contributed by atoms with Crippen LogP contribution in [0, 0.1) is 5.92 Å². The maximum Gasteiger partial charge on any atom is 0.00434 e. The van der Waals surface area contributed by atoms with E-state index >= 15 is 0 Å². The number of nitrogens with zero attached hydrogens (tertiary/aromatic N) is 1. The molecule has 0 aliphatic carbocycles. The van der Waals surface area contributed by atoms with Crippen molar-refractivity contribution in [2.75, 3.05) is 25.0 Å². The predicted molar refractivity (Wildman–Crippen MR) is 53.2 cm³/mol. The van der Waals surface area contributed by atoms with Gasteiger partial charge in [-0.05, 0) is 38.3 Å². The Morgan fingerprint density at radius 1 is 1.55 bits per heavy atom. The molecule has 0 aromatic heterocycles. The van der Waals surface area contributed by atoms with Crippen LogP contribution in [0.3, 0.4) is 0 Å². The highest BCUT2D eigenvalue weighted by molar-refractivity contribution is 9.09. The van der Waals surface area contributed by atoms with Gasteiger partial charge in [0.15, 0.2) is 0 Å². The average molecular weight is 220 g/mol. The van der Waals surface area contributed by atoms with E-state index in [1.807, 2.05) is 0 Å². The Balaban J connectivity index is 2.12. The number of hydrogen-bond acceptors (Lipinski definition) is 1. The number of likely N-dealkylation sites (tertiary alicyclic amines) is 1. The largest absolute Gasteiger partial charge is 0.303 e. The van der Waals surface area contributed by atoms with E-state index in [0.717, 1.165) is 11.2 Å². The number of alkyl halides is 1. The molecule has 0 spiro atoms. The highest BCUT2D eigenvalue weighted by Gasteiger charge is 2.14. The van der Waals surface area contributed by atoms with E-state index in [1.54, 1.807) is 0 Å². The average Bonchev–Trinajstić information content (AvgIpc) is 2.01. The fourth-order valence-electron chi connectivity index (χ4n) is 1.77. The van der Waals surface area contributed by atoms with Crippen LogP contribution in [0.2, 0.25) is 0 Å². The second-order valence-corrected chi connectivity index (χ2v) is 4.38. The summed E-state index contributed by atoms with van der Waals surface area (Å²) < 4.78 is 0. The van der Waals surface area contributed by atoms with Crippen LogP contribution in [0.25, 0.3) is 0 Å². The standard InChI is InChI=1S/C9H18BrN/c1-9-4-2-6-11(8-9)7-3-5-10/h9H,2-8H2,1H3. The van der Waals surface area contributed by atoms with Crippen LogP contribution in [0.5, 0.6) is 0 Å². The van der Waals surface area contributed by atoms with E-state index in [4.69, 9.17) is 0 Å². The molecule has 1 unspecified atom stereocenters. The van der Waals surface area contributed by atoms with Crippen LogP contribution in [-0.2, 0) is 0 Å². The topological polar surface area (TPSA) is 3.24 Å². The van der Waals surface area contributed by atoms with E-state index in [-0.39, 0.29) is 0 Å². The van der Waals surface area contributed by atoms with Gasteiger partial charge >= 0.3 is 0 Å². The first kappa shape index (κ1) is 9.53. The molecule has 1 fully saturated rings. The second kappa shape index (κ2) is 5.15. The maximum absolute atomic E-state index is 3.46. The summed E-state index contributed by atoms with van der Waals surface area (Å²) in [6, 6.07) is 0. The SMILES string of the molecule is CC1CCCN(CCCBr)C1. The van der Waals surface area contributed by atoms with Gasteiger partial charge in [0.25, 0.3) is 0 Å². The minimum atomic E-state index is 0.930. The molecule has 1 saturated heterocycles. The normalized spacial score (nSPS) is 27.3. The summed E-state index contributed by atoms with van der Waals surface area (Å²) in [5.41, 5.74) is 0. The molecule has 0 N–H and O–H groups in total. The molecule has 1 aliphatic heterocycles. The summed E-state index contributed by atoms with van der Waals surface area (Å²) in [4.78, 5) is 2.59. The molecule has 1 aliphatic rings. The van der Waals surface area contributed by atoms with Gasteiger partial charge in [-0.25, -0.2) is 0 Å². The Morgan fingerprint density at radius 3 is 3.00 bits per heavy atom. The van der Waals surface area contributed by atoms with Crippen LogP contribution in [0.4, 0.5) is 0 Å². The molecule has 0 aromatic rings. The lowest BCUT2D eigenvalue weighted by atomic mass is 10.0. The number of rotatable bonds is 3. The van der Waals surface area contributed by atoms with Gasteiger partial charge < -0.3 is 4.90 Å². The highest BCUT2D eigenvalue weighted by atomic mass is 79.9. The third kappa shape index (κ3) is 3.57. The molecule has 1 heterocycles. The van der Waals surface area contributed by atoms with Gasteiger partial charge in [0.05, 0.1) is 0 Å². The minimum Gasteiger partial charge on any atom is -0.303 e. The molecule has 0 aromatic carbocycles. The van der Waals surface area contributed by atoms with Gasteiger partial charge in [0.1, 0.15) is 0 Å². The van der Waals surface area contributed by atoms with E-state index in [2.05, 4.69) is 27.8 Å². The van der Waals surface area contributed by atoms with Crippen molar-refractivity contribution in [2.45, 2.75) is 26.2 Å². The van der Waals surface area contributed by atoms with Crippen LogP contribution in [-0.4, -0.2) is 29.9 Å². The zero-order chi connectivity index (χ0) is 8.10. The van der Waals surface area contributed by atoms with Gasteiger partial charge in [0, 0.05) is 11.9 Å². The Morgan fingerprint density at radius 2 is 2.36 bits per heavy atom. The summed E-state index contributed by atoms with van der Waals surface area (Å²) in [7, 11) is 0. The van der Waals surface area contributed by atoms with Crippen molar-refractivity contribution in [1.82, 2.24) is 4.90 Å². The highest BCUT2D eigenvalue weighted by Crippen LogP contribution is 2.15. The van der Waals surface area contributed by atoms with Crippen molar-refractivity contribution in [1.29, 1.82) is 0 Å². The lowest BCUT2D eigenvalue weighted by Crippen LogP contribution is -2.35. The molecule has 0 amide bonds. The summed E-state index contributed by atoms with van der Waals surface area (Å²) in [6.07, 6.45) is 4.14. The molecule has 1 rings (SSSR count). The van der Waals surface area contributed by atoms with Gasteiger partial charge in [-0.3, -0.25) is 0 Å². The molecule has 66 valence electrons. The quantitative estimate of drug-likeness (QED) is 0.660. The van der Waals surface area contributed by atoms with E-state index in [9.17, 15) is 0 Å². The molecule has 0 saturated carbocycles. The van der Waals surface area contributed by atoms with Gasteiger partial charge in [-0.1, -0.05) is 22.9 Å². The Hall–Kier alpha value is 0.440. The monoisotopic (exact) mass is 219 g/mol. The zero-order valence-corrected chi connectivity index (χ0v) is 8.94. The second-order valence-electron chi connectivity index (χ2n) is 3.59. The lowest BCUT2D eigenvalue weighted by Gasteiger charge is -2.30. The fraction of sp³-hybridized carbons (Fsp3) is 1.00. The first-order chi connectivity index (χ1) is 5.33. The van der Waals surface area contributed by atoms with Gasteiger partial charge in [-0.2, -0.15) is 0 Å². The number of piperidine rings is 1. The van der Waals surface area contributed by atoms with E-state index in [1.165, 1.54) is 38.9 Å². The summed E-state index contributed by atoms with van der Waals surface area (Å²) in [5.74, 6) is 0.930. The van der Waals surface area contributed by atoms with Crippen LogP contribution in [0.1, 0.15) is 26.2 Å². The molecule has 2 heteroatoms. The van der Waals surface area contributed by atoms with Crippen molar-refractivity contribution in [3.63, 3.8) is 0 Å². The number of hydrogen-bond donors (Lipinski definition) is 0. The van der Waals surface area contributed by atoms with E-state index < -0.39 is 0 Å². The first-order valence-electron chi connectivity index (χ1n) is 4.61. The predicted octanol–water partition coefficient (Wildman–Crippen LogP) is 2.50. The molecular formula is C9H18BrN. The molecule has 0 radical (unpaired) electrons. The molecule has 1 nitrogen and oxygen atoms in total. The van der Waals surface area contributed by atoms with Crippen molar-refractivity contribution in [3.05, 3.63) is 0 Å². The smallest absolute Gasteiger partial charge is 0.00434 e. The molecule has 1 atom stereocenters. The molecule has 0 bridgehead atoms. The van der Waals surface area contributed by atoms with Crippen LogP contribution >= 0.6 is 15.9 Å². The van der Waals surface area contributed by atoms with Gasteiger partial charge in [0.2, 0.25) is 0 Å². The zero-order valence-electron chi connectivity index (χ0n) is 7.35. The van der Waals surface area contributed by atoms with E-state index in [0.29, 0.717) is 0 Å². The van der Waals surface area contributed by atoms with Crippen LogP contribution < -0.4 is 0 Å². The Bertz CT molecular complexity index is 106. The first-order valence-corrected chi connectivity index (χ1v) is 5.73. The van der Waals surface area contributed by atoms with Crippen molar-refractivity contribution in [2.24, 2.45) is 5.92 Å². The van der Waals surface area contributed by atoms with Crippen molar-refractivity contribution < 1.29 is 0 Å². The van der Waals surface area contributed by atoms with Crippen molar-refractivity contribution >= 4 is 15.9 Å². The Kier molecular flexibility index (Phi) is 4.46. The lowest BCUT2D eigenvalue weighted by molar-refractivity contribution is 0.185. The maximum atomic E-state index is 3.46. The number of halogens is 1. The summed E-state index contributed by atoms with van der Waals surface area (Å²) in [6.45, 7) is 6.31. The summed E-state index contributed by atoms with van der Waals surface area (Å²) in [5, 5.41) is 1.15. The van der Waals surface area contributed by atoms with Crippen LogP contribution in [0.15, 0.2) is 0 Å². The Labute approximate surface area is 78.3 Å².